The van der Waals surface area contributed by atoms with Gasteiger partial charge in [-0.2, -0.15) is 4.89 Å². The number of rotatable bonds is 5. The minimum atomic E-state index is -2.67. The Labute approximate surface area is 99.1 Å². The highest BCUT2D eigenvalue weighted by Gasteiger charge is 2.30. The molecule has 1 rings (SSSR count). The molecule has 0 aromatic heterocycles. The summed E-state index contributed by atoms with van der Waals surface area (Å²) in [5, 5.41) is 10.8. The first kappa shape index (κ1) is 13.6. The van der Waals surface area contributed by atoms with Crippen LogP contribution in [0.5, 0.6) is 0 Å². The number of alkyl carbamates (subject to hydrolysis) is 1. The lowest BCUT2D eigenvalue weighted by Crippen LogP contribution is -2.35. The minimum Gasteiger partial charge on any atom is -0.445 e. The van der Waals surface area contributed by atoms with Crippen LogP contribution in [0.25, 0.3) is 0 Å². The van der Waals surface area contributed by atoms with E-state index in [1.807, 2.05) is 6.07 Å². The average Bonchev–Trinajstić information content (AvgIpc) is 2.34. The monoisotopic (exact) mass is 258 g/mol. The highest BCUT2D eigenvalue weighted by Crippen LogP contribution is 2.19. The highest BCUT2D eigenvalue weighted by molar-refractivity contribution is 7.38. The quantitative estimate of drug-likeness (QED) is 0.684. The largest absolute Gasteiger partial charge is 0.533 e. The number of aliphatic hydroxyl groups excluding tert-OH is 1. The van der Waals surface area contributed by atoms with Crippen LogP contribution in [0.4, 0.5) is 4.79 Å². The summed E-state index contributed by atoms with van der Waals surface area (Å²) in [4.78, 5) is 19.9. The zero-order chi connectivity index (χ0) is 12.7. The number of carbonyl (C=O) groups excluding carboxylic acids is 1. The van der Waals surface area contributed by atoms with E-state index in [1.54, 1.807) is 24.3 Å². The fourth-order valence-corrected chi connectivity index (χ4v) is 1.43. The number of hydrogen-bond acceptors (Lipinski definition) is 4. The molecule has 6 nitrogen and oxygen atoms in total. The van der Waals surface area contributed by atoms with Crippen LogP contribution < -0.4 is 5.32 Å². The summed E-state index contributed by atoms with van der Waals surface area (Å²) >= 11 is 0. The van der Waals surface area contributed by atoms with E-state index >= 15 is 0 Å². The molecule has 0 radical (unpaired) electrons. The van der Waals surface area contributed by atoms with Crippen molar-refractivity contribution in [3.8, 4) is 0 Å². The van der Waals surface area contributed by atoms with Gasteiger partial charge in [0.25, 0.3) is 5.78 Å². The van der Waals surface area contributed by atoms with Crippen molar-refractivity contribution in [3.63, 3.8) is 0 Å². The number of aliphatic hydroxyl groups is 1. The van der Waals surface area contributed by atoms with Gasteiger partial charge in [-0.15, -0.1) is 0 Å². The Balaban J connectivity index is 2.37. The maximum Gasteiger partial charge on any atom is 0.533 e. The lowest BCUT2D eigenvalue weighted by molar-refractivity contribution is 0.134. The van der Waals surface area contributed by atoms with E-state index in [-0.39, 0.29) is 6.61 Å². The summed E-state index contributed by atoms with van der Waals surface area (Å²) in [6.45, 7) is -0.556. The van der Waals surface area contributed by atoms with Gasteiger partial charge in [0.05, 0.1) is 0 Å². The van der Waals surface area contributed by atoms with Crippen molar-refractivity contribution < 1.29 is 24.1 Å². The van der Waals surface area contributed by atoms with Crippen LogP contribution in [0.15, 0.2) is 30.3 Å². The molecule has 0 heterocycles. The van der Waals surface area contributed by atoms with Gasteiger partial charge in [-0.3, -0.25) is 5.32 Å². The molecule has 0 fully saturated rings. The molecular weight excluding hydrogens is 245 g/mol. The predicted molar refractivity (Wildman–Crippen MR) is 60.5 cm³/mol. The van der Waals surface area contributed by atoms with Crippen LogP contribution in [-0.4, -0.2) is 28.5 Å². The first-order chi connectivity index (χ1) is 8.13. The third kappa shape index (κ3) is 4.91. The molecule has 2 unspecified atom stereocenters. The van der Waals surface area contributed by atoms with Crippen LogP contribution in [0, 0.1) is 0 Å². The van der Waals surface area contributed by atoms with E-state index in [2.05, 4.69) is 5.32 Å². The third-order valence-corrected chi connectivity index (χ3v) is 2.76. The second-order valence-corrected chi connectivity index (χ2v) is 4.44. The van der Waals surface area contributed by atoms with Crippen LogP contribution >= 0.6 is 8.03 Å². The molecule has 2 atom stereocenters. The molecule has 0 saturated carbocycles. The van der Waals surface area contributed by atoms with Crippen molar-refractivity contribution in [2.45, 2.75) is 12.4 Å². The molecule has 0 saturated heterocycles. The smallest absolute Gasteiger partial charge is 0.445 e. The lowest BCUT2D eigenvalue weighted by atomic mass is 10.2. The summed E-state index contributed by atoms with van der Waals surface area (Å²) in [5.74, 6) is -1.20. The van der Waals surface area contributed by atoms with Gasteiger partial charge in [-0.25, -0.2) is 4.79 Å². The molecule has 7 heteroatoms. The van der Waals surface area contributed by atoms with Gasteiger partial charge in [0.15, 0.2) is 0 Å². The van der Waals surface area contributed by atoms with Crippen LogP contribution in [0.1, 0.15) is 5.56 Å². The van der Waals surface area contributed by atoms with Gasteiger partial charge in [-0.1, -0.05) is 30.3 Å². The molecule has 0 aliphatic rings. The van der Waals surface area contributed by atoms with Gasteiger partial charge >= 0.3 is 14.1 Å². The van der Waals surface area contributed by atoms with Crippen molar-refractivity contribution in [2.24, 2.45) is 0 Å². The molecule has 92 valence electrons. The second-order valence-electron chi connectivity index (χ2n) is 3.21. The molecule has 1 aromatic carbocycles. The van der Waals surface area contributed by atoms with Crippen molar-refractivity contribution >= 4 is 14.1 Å². The molecule has 0 aliphatic carbocycles. The maximum absolute atomic E-state index is 11.2. The maximum atomic E-state index is 11.2. The predicted octanol–water partition coefficient (Wildman–Crippen LogP) is 0.966. The van der Waals surface area contributed by atoms with Crippen molar-refractivity contribution in [1.29, 1.82) is 0 Å². The van der Waals surface area contributed by atoms with Gasteiger partial charge < -0.3 is 9.84 Å². The van der Waals surface area contributed by atoms with Gasteiger partial charge in [0.1, 0.15) is 13.2 Å². The summed E-state index contributed by atoms with van der Waals surface area (Å²) in [6, 6.07) is 9.00. The topological polar surface area (TPSA) is 95.9 Å². The Morgan fingerprint density at radius 2 is 2.06 bits per heavy atom. The van der Waals surface area contributed by atoms with E-state index < -0.39 is 26.5 Å². The highest BCUT2D eigenvalue weighted by atomic mass is 31.1. The fourth-order valence-electron chi connectivity index (χ4n) is 1.07. The number of nitrogens with one attached hydrogen (secondary N) is 1. The summed E-state index contributed by atoms with van der Waals surface area (Å²) in [7, 11) is -2.67. The zero-order valence-electron chi connectivity index (χ0n) is 8.94. The van der Waals surface area contributed by atoms with E-state index in [0.29, 0.717) is 0 Å². The summed E-state index contributed by atoms with van der Waals surface area (Å²) in [5.41, 5.74) is 0.802. The first-order valence-electron chi connectivity index (χ1n) is 4.87. The van der Waals surface area contributed by atoms with Gasteiger partial charge in [0, 0.05) is 0 Å². The standard InChI is InChI=1S/C10H12NO5P/c12-6-9(17(14)15)11-10(13)16-7-8-4-2-1-3-5-8/h1-5,9,12H,6-7H2,(H-,11,13,14,15)/p+1. The van der Waals surface area contributed by atoms with Crippen LogP contribution in [0.2, 0.25) is 0 Å². The third-order valence-electron chi connectivity index (χ3n) is 1.94. The van der Waals surface area contributed by atoms with E-state index in [1.165, 1.54) is 0 Å². The second kappa shape index (κ2) is 6.96. The Morgan fingerprint density at radius 3 is 2.59 bits per heavy atom. The zero-order valence-corrected chi connectivity index (χ0v) is 9.84. The fraction of sp³-hybridized carbons (Fsp3) is 0.300. The molecule has 0 spiro atoms. The normalized spacial score (nSPS) is 12.7. The molecular formula is C10H13NO5P+. The van der Waals surface area contributed by atoms with Crippen LogP contribution in [0.3, 0.4) is 0 Å². The molecule has 17 heavy (non-hydrogen) atoms. The van der Waals surface area contributed by atoms with Crippen molar-refractivity contribution in [2.75, 3.05) is 6.61 Å². The van der Waals surface area contributed by atoms with Crippen molar-refractivity contribution in [1.82, 2.24) is 5.32 Å². The van der Waals surface area contributed by atoms with Gasteiger partial charge in [0.2, 0.25) is 0 Å². The summed E-state index contributed by atoms with van der Waals surface area (Å²) in [6.07, 6.45) is -0.842. The van der Waals surface area contributed by atoms with E-state index in [0.717, 1.165) is 5.56 Å². The van der Waals surface area contributed by atoms with Crippen LogP contribution in [-0.2, 0) is 15.9 Å². The molecule has 0 bridgehead atoms. The Kier molecular flexibility index (Phi) is 5.56. The molecule has 0 aliphatic heterocycles. The molecule has 1 aromatic rings. The summed E-state index contributed by atoms with van der Waals surface area (Å²) < 4.78 is 15.5. The Morgan fingerprint density at radius 1 is 1.41 bits per heavy atom. The van der Waals surface area contributed by atoms with E-state index in [4.69, 9.17) is 14.7 Å². The number of amides is 1. The number of carbonyl (C=O) groups is 1. The SMILES string of the molecule is O=C(NC(CO)[P+](=O)O)OCc1ccccc1. The Hall–Kier alpha value is -1.49. The Bertz CT molecular complexity index is 384. The minimum absolute atomic E-state index is 0.0625. The van der Waals surface area contributed by atoms with E-state index in [9.17, 15) is 9.36 Å². The van der Waals surface area contributed by atoms with Gasteiger partial charge in [-0.05, 0) is 10.1 Å². The first-order valence-corrected chi connectivity index (χ1v) is 6.15. The number of benzene rings is 1. The molecule has 3 N–H and O–H groups in total. The number of ether oxygens (including phenoxy) is 1. The lowest BCUT2D eigenvalue weighted by Gasteiger charge is -2.07. The average molecular weight is 258 g/mol. The number of hydrogen-bond donors (Lipinski definition) is 3. The van der Waals surface area contributed by atoms with Crippen molar-refractivity contribution in [3.05, 3.63) is 35.9 Å². The molecule has 1 amide bonds.